The zero-order chi connectivity index (χ0) is 13.6. The SMILES string of the molecule is CC1=C(N2C[C@@H](F)C3(CCNCC3)C2=O)COC1=O. The lowest BCUT2D eigenvalue weighted by Crippen LogP contribution is -2.46. The van der Waals surface area contributed by atoms with Gasteiger partial charge in [-0.15, -0.1) is 0 Å². The van der Waals surface area contributed by atoms with Gasteiger partial charge in [0, 0.05) is 0 Å². The summed E-state index contributed by atoms with van der Waals surface area (Å²) in [5.74, 6) is -0.599. The number of amides is 1. The minimum atomic E-state index is -1.17. The first-order chi connectivity index (χ1) is 9.06. The Morgan fingerprint density at radius 2 is 2.05 bits per heavy atom. The molecule has 2 fully saturated rings. The lowest BCUT2D eigenvalue weighted by Gasteiger charge is -2.33. The Morgan fingerprint density at radius 1 is 1.37 bits per heavy atom. The summed E-state index contributed by atoms with van der Waals surface area (Å²) in [6, 6.07) is 0. The van der Waals surface area contributed by atoms with Crippen LogP contribution >= 0.6 is 0 Å². The maximum atomic E-state index is 14.4. The number of nitrogens with one attached hydrogen (secondary N) is 1. The van der Waals surface area contributed by atoms with Gasteiger partial charge in [0.25, 0.3) is 0 Å². The number of esters is 1. The number of piperidine rings is 1. The highest BCUT2D eigenvalue weighted by atomic mass is 19.1. The highest BCUT2D eigenvalue weighted by Gasteiger charge is 2.56. The number of likely N-dealkylation sites (tertiary alicyclic amines) is 1. The topological polar surface area (TPSA) is 58.6 Å². The fourth-order valence-electron chi connectivity index (χ4n) is 3.20. The molecule has 0 aliphatic carbocycles. The van der Waals surface area contributed by atoms with Crippen LogP contribution in [0, 0.1) is 5.41 Å². The quantitative estimate of drug-likeness (QED) is 0.698. The van der Waals surface area contributed by atoms with Crippen LogP contribution in [0.15, 0.2) is 11.3 Å². The first-order valence-corrected chi connectivity index (χ1v) is 6.60. The van der Waals surface area contributed by atoms with Crippen molar-refractivity contribution in [1.29, 1.82) is 0 Å². The lowest BCUT2D eigenvalue weighted by molar-refractivity contribution is -0.138. The van der Waals surface area contributed by atoms with Gasteiger partial charge in [-0.25, -0.2) is 9.18 Å². The number of halogens is 1. The first kappa shape index (κ1) is 12.6. The van der Waals surface area contributed by atoms with Crippen molar-refractivity contribution >= 4 is 11.9 Å². The predicted molar refractivity (Wildman–Crippen MR) is 64.8 cm³/mol. The van der Waals surface area contributed by atoms with Gasteiger partial charge in [0.15, 0.2) is 0 Å². The molecule has 19 heavy (non-hydrogen) atoms. The van der Waals surface area contributed by atoms with Crippen LogP contribution < -0.4 is 5.32 Å². The highest BCUT2D eigenvalue weighted by Crippen LogP contribution is 2.44. The van der Waals surface area contributed by atoms with Crippen molar-refractivity contribution in [2.45, 2.75) is 25.9 Å². The third kappa shape index (κ3) is 1.69. The third-order valence-corrected chi connectivity index (χ3v) is 4.51. The number of hydrogen-bond donors (Lipinski definition) is 1. The Bertz CT molecular complexity index is 469. The minimum absolute atomic E-state index is 0.0438. The van der Waals surface area contributed by atoms with Crippen LogP contribution in [0.3, 0.4) is 0 Å². The van der Waals surface area contributed by atoms with Crippen LogP contribution in [0.1, 0.15) is 19.8 Å². The molecule has 2 saturated heterocycles. The Kier molecular flexibility index (Phi) is 2.85. The van der Waals surface area contributed by atoms with E-state index < -0.39 is 17.6 Å². The van der Waals surface area contributed by atoms with Crippen LogP contribution in [0.5, 0.6) is 0 Å². The maximum absolute atomic E-state index is 14.4. The summed E-state index contributed by atoms with van der Waals surface area (Å²) in [5.41, 5.74) is 0.0593. The van der Waals surface area contributed by atoms with E-state index >= 15 is 0 Å². The Balaban J connectivity index is 1.91. The number of alkyl halides is 1. The van der Waals surface area contributed by atoms with Crippen molar-refractivity contribution in [3.63, 3.8) is 0 Å². The molecule has 0 radical (unpaired) electrons. The lowest BCUT2D eigenvalue weighted by atomic mass is 9.76. The Labute approximate surface area is 110 Å². The summed E-state index contributed by atoms with van der Waals surface area (Å²) >= 11 is 0. The van der Waals surface area contributed by atoms with Crippen molar-refractivity contribution in [2.75, 3.05) is 26.2 Å². The molecule has 0 aromatic rings. The van der Waals surface area contributed by atoms with Gasteiger partial charge in [0.1, 0.15) is 12.8 Å². The van der Waals surface area contributed by atoms with E-state index in [1.165, 1.54) is 4.90 Å². The first-order valence-electron chi connectivity index (χ1n) is 6.60. The zero-order valence-corrected chi connectivity index (χ0v) is 10.9. The zero-order valence-electron chi connectivity index (χ0n) is 10.9. The van der Waals surface area contributed by atoms with Gasteiger partial charge in [0.05, 0.1) is 23.2 Å². The molecule has 1 spiro atoms. The van der Waals surface area contributed by atoms with Crippen LogP contribution in [0.4, 0.5) is 4.39 Å². The average molecular weight is 268 g/mol. The summed E-state index contributed by atoms with van der Waals surface area (Å²) in [5, 5.41) is 3.15. The molecule has 3 aliphatic heterocycles. The molecule has 3 aliphatic rings. The van der Waals surface area contributed by atoms with Gasteiger partial charge in [-0.2, -0.15) is 0 Å². The van der Waals surface area contributed by atoms with E-state index in [-0.39, 0.29) is 19.1 Å². The summed E-state index contributed by atoms with van der Waals surface area (Å²) < 4.78 is 19.3. The molecule has 1 amide bonds. The second kappa shape index (κ2) is 4.30. The summed E-state index contributed by atoms with van der Waals surface area (Å²) in [6.07, 6.45) is -0.131. The molecule has 3 rings (SSSR count). The number of rotatable bonds is 1. The smallest absolute Gasteiger partial charge is 0.336 e. The number of hydrogen-bond acceptors (Lipinski definition) is 4. The van der Waals surface area contributed by atoms with Gasteiger partial charge < -0.3 is 15.0 Å². The number of carbonyl (C=O) groups excluding carboxylic acids is 2. The average Bonchev–Trinajstić information content (AvgIpc) is 2.86. The molecule has 0 unspecified atom stereocenters. The fraction of sp³-hybridized carbons (Fsp3) is 0.692. The Hall–Kier alpha value is -1.43. The van der Waals surface area contributed by atoms with Gasteiger partial charge in [-0.05, 0) is 32.9 Å². The monoisotopic (exact) mass is 268 g/mol. The molecule has 104 valence electrons. The molecule has 0 aromatic heterocycles. The molecule has 0 saturated carbocycles. The summed E-state index contributed by atoms with van der Waals surface area (Å²) in [6.45, 7) is 3.07. The van der Waals surface area contributed by atoms with Crippen molar-refractivity contribution < 1.29 is 18.7 Å². The van der Waals surface area contributed by atoms with Crippen molar-refractivity contribution in [1.82, 2.24) is 10.2 Å². The van der Waals surface area contributed by atoms with Crippen LogP contribution in [0.2, 0.25) is 0 Å². The Morgan fingerprint density at radius 3 is 2.63 bits per heavy atom. The van der Waals surface area contributed by atoms with Crippen LogP contribution in [-0.4, -0.2) is 49.2 Å². The largest absolute Gasteiger partial charge is 0.456 e. The van der Waals surface area contributed by atoms with Crippen LogP contribution in [-0.2, 0) is 14.3 Å². The number of cyclic esters (lactones) is 1. The number of ether oxygens (including phenoxy) is 1. The fourth-order valence-corrected chi connectivity index (χ4v) is 3.20. The highest BCUT2D eigenvalue weighted by molar-refractivity contribution is 5.94. The second-order valence-corrected chi connectivity index (χ2v) is 5.44. The summed E-state index contributed by atoms with van der Waals surface area (Å²) in [4.78, 5) is 25.4. The van der Waals surface area contributed by atoms with Gasteiger partial charge >= 0.3 is 5.97 Å². The standard InChI is InChI=1S/C13H17FN2O3/c1-8-9(7-19-11(8)17)16-6-10(14)13(12(16)18)2-4-15-5-3-13/h10,15H,2-7H2,1H3/t10-/m1/s1. The molecular weight excluding hydrogens is 251 g/mol. The number of nitrogens with zero attached hydrogens (tertiary/aromatic N) is 1. The molecule has 6 heteroatoms. The van der Waals surface area contributed by atoms with Gasteiger partial charge in [0.2, 0.25) is 5.91 Å². The molecule has 5 nitrogen and oxygen atoms in total. The van der Waals surface area contributed by atoms with E-state index in [1.807, 2.05) is 0 Å². The van der Waals surface area contributed by atoms with Crippen molar-refractivity contribution in [2.24, 2.45) is 5.41 Å². The van der Waals surface area contributed by atoms with E-state index in [4.69, 9.17) is 4.74 Å². The molecule has 3 heterocycles. The van der Waals surface area contributed by atoms with E-state index in [9.17, 15) is 14.0 Å². The summed E-state index contributed by atoms with van der Waals surface area (Å²) in [7, 11) is 0. The maximum Gasteiger partial charge on any atom is 0.336 e. The van der Waals surface area contributed by atoms with Crippen molar-refractivity contribution in [3.8, 4) is 0 Å². The normalized spacial score (nSPS) is 30.4. The molecule has 0 bridgehead atoms. The van der Waals surface area contributed by atoms with Gasteiger partial charge in [-0.1, -0.05) is 0 Å². The van der Waals surface area contributed by atoms with Crippen molar-refractivity contribution in [3.05, 3.63) is 11.3 Å². The van der Waals surface area contributed by atoms with E-state index in [0.29, 0.717) is 37.2 Å². The second-order valence-electron chi connectivity index (χ2n) is 5.44. The molecule has 1 atom stereocenters. The predicted octanol–water partition coefficient (Wildman–Crippen LogP) is 0.367. The van der Waals surface area contributed by atoms with Gasteiger partial charge in [-0.3, -0.25) is 4.79 Å². The minimum Gasteiger partial charge on any atom is -0.456 e. The van der Waals surface area contributed by atoms with Crippen LogP contribution in [0.25, 0.3) is 0 Å². The molecule has 0 aromatic carbocycles. The van der Waals surface area contributed by atoms with E-state index in [1.54, 1.807) is 6.92 Å². The van der Waals surface area contributed by atoms with E-state index in [0.717, 1.165) is 0 Å². The molecule has 1 N–H and O–H groups in total. The van der Waals surface area contributed by atoms with E-state index in [2.05, 4.69) is 5.32 Å². The number of carbonyl (C=O) groups is 2. The third-order valence-electron chi connectivity index (χ3n) is 4.51. The molecular formula is C13H17FN2O3.